The zero-order valence-electron chi connectivity index (χ0n) is 9.96. The van der Waals surface area contributed by atoms with Crippen molar-refractivity contribution in [2.45, 2.75) is 39.0 Å². The van der Waals surface area contributed by atoms with Crippen molar-refractivity contribution in [2.75, 3.05) is 0 Å². The Bertz CT molecular complexity index is 341. The van der Waals surface area contributed by atoms with Crippen LogP contribution >= 0.6 is 0 Å². The molecule has 1 unspecified atom stereocenters. The Balaban J connectivity index is 2.67. The van der Waals surface area contributed by atoms with E-state index in [2.05, 4.69) is 0 Å². The van der Waals surface area contributed by atoms with Gasteiger partial charge in [0.15, 0.2) is 0 Å². The molecule has 0 spiro atoms. The quantitative estimate of drug-likeness (QED) is 0.845. The summed E-state index contributed by atoms with van der Waals surface area (Å²) in [6, 6.07) is 4.70. The fraction of sp³-hybridized carbons (Fsp3) is 0.538. The summed E-state index contributed by atoms with van der Waals surface area (Å²) in [7, 11) is 0. The molecule has 0 bridgehead atoms. The summed E-state index contributed by atoms with van der Waals surface area (Å²) in [5.41, 5.74) is -0.143. The highest BCUT2D eigenvalue weighted by Gasteiger charge is 2.30. The Morgan fingerprint density at radius 3 is 2.00 bits per heavy atom. The molecule has 4 heteroatoms. The first-order valence-corrected chi connectivity index (χ1v) is 5.66. The molecule has 1 nitrogen and oxygen atoms in total. The molecule has 0 saturated heterocycles. The Labute approximate surface area is 99.3 Å². The van der Waals surface area contributed by atoms with E-state index in [9.17, 15) is 18.3 Å². The molecule has 1 aromatic carbocycles. The molecular weight excluding hydrogens is 229 g/mol. The van der Waals surface area contributed by atoms with Crippen molar-refractivity contribution < 1.29 is 18.3 Å². The summed E-state index contributed by atoms with van der Waals surface area (Å²) < 4.78 is 36.9. The monoisotopic (exact) mass is 246 g/mol. The maximum absolute atomic E-state index is 12.3. The van der Waals surface area contributed by atoms with Crippen LogP contribution in [0.1, 0.15) is 43.9 Å². The normalized spacial score (nSPS) is 14.1. The van der Waals surface area contributed by atoms with Gasteiger partial charge in [0.2, 0.25) is 0 Å². The van der Waals surface area contributed by atoms with Gasteiger partial charge < -0.3 is 5.11 Å². The predicted octanol–water partition coefficient (Wildman–Crippen LogP) is 4.18. The average molecular weight is 246 g/mol. The second-order valence-corrected chi connectivity index (χ2v) is 4.61. The van der Waals surface area contributed by atoms with E-state index in [-0.39, 0.29) is 0 Å². The van der Waals surface area contributed by atoms with Crippen LogP contribution in [0.25, 0.3) is 0 Å². The number of hydrogen-bond acceptors (Lipinski definition) is 1. The second kappa shape index (κ2) is 5.54. The van der Waals surface area contributed by atoms with Crippen LogP contribution in [-0.2, 0) is 6.18 Å². The molecule has 0 aromatic heterocycles. The van der Waals surface area contributed by atoms with E-state index < -0.39 is 17.8 Å². The minimum Gasteiger partial charge on any atom is -0.388 e. The van der Waals surface area contributed by atoms with Crippen molar-refractivity contribution in [1.82, 2.24) is 0 Å². The standard InChI is InChI=1S/C13H17F3O/c1-9(2)3-8-12(17)10-4-6-11(7-5-10)13(14,15)16/h4-7,9,12,17H,3,8H2,1-2H3. The Kier molecular flexibility index (Phi) is 4.57. The van der Waals surface area contributed by atoms with Gasteiger partial charge in [-0.2, -0.15) is 13.2 Å². The van der Waals surface area contributed by atoms with E-state index >= 15 is 0 Å². The number of hydrogen-bond donors (Lipinski definition) is 1. The van der Waals surface area contributed by atoms with Crippen LogP contribution in [0, 0.1) is 5.92 Å². The molecule has 1 atom stereocenters. The SMILES string of the molecule is CC(C)CCC(O)c1ccc(C(F)(F)F)cc1. The van der Waals surface area contributed by atoms with E-state index in [1.165, 1.54) is 12.1 Å². The maximum atomic E-state index is 12.3. The van der Waals surface area contributed by atoms with Gasteiger partial charge in [-0.3, -0.25) is 0 Å². The molecule has 1 N–H and O–H groups in total. The van der Waals surface area contributed by atoms with E-state index in [4.69, 9.17) is 0 Å². The van der Waals surface area contributed by atoms with Gasteiger partial charge in [0, 0.05) is 0 Å². The van der Waals surface area contributed by atoms with E-state index in [0.717, 1.165) is 18.6 Å². The van der Waals surface area contributed by atoms with Crippen LogP contribution < -0.4 is 0 Å². The summed E-state index contributed by atoms with van der Waals surface area (Å²) in [6.07, 6.45) is -3.58. The summed E-state index contributed by atoms with van der Waals surface area (Å²) >= 11 is 0. The van der Waals surface area contributed by atoms with Gasteiger partial charge in [-0.05, 0) is 36.5 Å². The van der Waals surface area contributed by atoms with Gasteiger partial charge in [0.05, 0.1) is 11.7 Å². The molecule has 17 heavy (non-hydrogen) atoms. The first-order chi connectivity index (χ1) is 7.80. The van der Waals surface area contributed by atoms with Gasteiger partial charge in [-0.15, -0.1) is 0 Å². The summed E-state index contributed by atoms with van der Waals surface area (Å²) in [5.74, 6) is 0.471. The molecule has 96 valence electrons. The van der Waals surface area contributed by atoms with Crippen molar-refractivity contribution in [3.05, 3.63) is 35.4 Å². The molecule has 1 rings (SSSR count). The second-order valence-electron chi connectivity index (χ2n) is 4.61. The zero-order chi connectivity index (χ0) is 13.1. The molecule has 0 aliphatic rings. The third-order valence-electron chi connectivity index (χ3n) is 2.64. The number of benzene rings is 1. The predicted molar refractivity (Wildman–Crippen MR) is 60.5 cm³/mol. The fourth-order valence-corrected chi connectivity index (χ4v) is 1.55. The number of alkyl halides is 3. The third kappa shape index (κ3) is 4.38. The lowest BCUT2D eigenvalue weighted by molar-refractivity contribution is -0.137. The molecule has 0 aliphatic heterocycles. The summed E-state index contributed by atoms with van der Waals surface area (Å²) in [6.45, 7) is 4.08. The van der Waals surface area contributed by atoms with Gasteiger partial charge in [0.25, 0.3) is 0 Å². The van der Waals surface area contributed by atoms with Crippen molar-refractivity contribution >= 4 is 0 Å². The smallest absolute Gasteiger partial charge is 0.388 e. The van der Waals surface area contributed by atoms with Crippen LogP contribution in [0.4, 0.5) is 13.2 Å². The first-order valence-electron chi connectivity index (χ1n) is 5.66. The minimum atomic E-state index is -4.32. The van der Waals surface area contributed by atoms with Crippen molar-refractivity contribution in [3.8, 4) is 0 Å². The van der Waals surface area contributed by atoms with E-state index in [1.54, 1.807) is 0 Å². The van der Waals surface area contributed by atoms with Crippen LogP contribution in [0.5, 0.6) is 0 Å². The number of aliphatic hydroxyl groups is 1. The zero-order valence-corrected chi connectivity index (χ0v) is 9.96. The molecule has 1 aromatic rings. The molecule has 0 heterocycles. The molecule has 0 saturated carbocycles. The fourth-order valence-electron chi connectivity index (χ4n) is 1.55. The highest BCUT2D eigenvalue weighted by Crippen LogP contribution is 2.30. The van der Waals surface area contributed by atoms with E-state index in [0.29, 0.717) is 17.9 Å². The molecular formula is C13H17F3O. The maximum Gasteiger partial charge on any atom is 0.416 e. The van der Waals surface area contributed by atoms with Crippen molar-refractivity contribution in [1.29, 1.82) is 0 Å². The first kappa shape index (κ1) is 14.0. The lowest BCUT2D eigenvalue weighted by Crippen LogP contribution is -2.06. The highest BCUT2D eigenvalue weighted by atomic mass is 19.4. The minimum absolute atomic E-state index is 0.471. The van der Waals surface area contributed by atoms with Crippen molar-refractivity contribution in [2.24, 2.45) is 5.92 Å². The van der Waals surface area contributed by atoms with Gasteiger partial charge in [-0.25, -0.2) is 0 Å². The van der Waals surface area contributed by atoms with E-state index in [1.807, 2.05) is 13.8 Å². The largest absolute Gasteiger partial charge is 0.416 e. The van der Waals surface area contributed by atoms with Gasteiger partial charge >= 0.3 is 6.18 Å². The lowest BCUT2D eigenvalue weighted by Gasteiger charge is -2.13. The van der Waals surface area contributed by atoms with Crippen molar-refractivity contribution in [3.63, 3.8) is 0 Å². The molecule has 0 fully saturated rings. The Morgan fingerprint density at radius 1 is 1.06 bits per heavy atom. The van der Waals surface area contributed by atoms with Gasteiger partial charge in [0.1, 0.15) is 0 Å². The van der Waals surface area contributed by atoms with Crippen LogP contribution in [0.2, 0.25) is 0 Å². The summed E-state index contributed by atoms with van der Waals surface area (Å²) in [5, 5.41) is 9.78. The lowest BCUT2D eigenvalue weighted by atomic mass is 9.99. The highest BCUT2D eigenvalue weighted by molar-refractivity contribution is 5.25. The summed E-state index contributed by atoms with van der Waals surface area (Å²) in [4.78, 5) is 0. The third-order valence-corrected chi connectivity index (χ3v) is 2.64. The van der Waals surface area contributed by atoms with Gasteiger partial charge in [-0.1, -0.05) is 26.0 Å². The average Bonchev–Trinajstić information content (AvgIpc) is 2.25. The number of halogens is 3. The Morgan fingerprint density at radius 2 is 1.59 bits per heavy atom. The Hall–Kier alpha value is -1.03. The molecule has 0 aliphatic carbocycles. The topological polar surface area (TPSA) is 20.2 Å². The number of rotatable bonds is 4. The molecule has 0 amide bonds. The molecule has 0 radical (unpaired) electrons. The van der Waals surface area contributed by atoms with Crippen LogP contribution in [0.15, 0.2) is 24.3 Å². The van der Waals surface area contributed by atoms with Crippen LogP contribution in [-0.4, -0.2) is 5.11 Å². The van der Waals surface area contributed by atoms with Crippen LogP contribution in [0.3, 0.4) is 0 Å². The number of aliphatic hydroxyl groups excluding tert-OH is 1.